The number of benzene rings is 1. The summed E-state index contributed by atoms with van der Waals surface area (Å²) in [5, 5.41) is 10.1. The molecule has 2 heterocycles. The van der Waals surface area contributed by atoms with Gasteiger partial charge in [0.05, 0.1) is 40.2 Å². The first-order chi connectivity index (χ1) is 12.4. The second kappa shape index (κ2) is 6.28. The van der Waals surface area contributed by atoms with E-state index in [1.165, 1.54) is 0 Å². The molecular weight excluding hydrogens is 330 g/mol. The monoisotopic (exact) mass is 355 g/mol. The minimum Gasteiger partial charge on any atom is -0.393 e. The molecule has 0 spiro atoms. The number of ether oxygens (including phenoxy) is 1. The van der Waals surface area contributed by atoms with E-state index in [0.717, 1.165) is 41.7 Å². The Balaban J connectivity index is 1.67. The third-order valence-electron chi connectivity index (χ3n) is 6.15. The number of aliphatic hydroxyl groups excluding tert-OH is 1. The molecule has 4 rings (SSSR count). The lowest BCUT2D eigenvalue weighted by atomic mass is 9.79. The average Bonchev–Trinajstić information content (AvgIpc) is 3.01. The first-order valence-corrected chi connectivity index (χ1v) is 9.23. The van der Waals surface area contributed by atoms with Crippen LogP contribution in [0.25, 0.3) is 11.0 Å². The highest BCUT2D eigenvalue weighted by Gasteiger charge is 2.52. The van der Waals surface area contributed by atoms with Gasteiger partial charge in [-0.2, -0.15) is 0 Å². The number of aliphatic hydroxyl groups is 1. The van der Waals surface area contributed by atoms with Gasteiger partial charge in [0.2, 0.25) is 0 Å². The molecule has 1 aromatic heterocycles. The number of aromatic nitrogens is 2. The van der Waals surface area contributed by atoms with Crippen LogP contribution < -0.4 is 0 Å². The van der Waals surface area contributed by atoms with Gasteiger partial charge < -0.3 is 14.7 Å². The zero-order chi connectivity index (χ0) is 18.5. The van der Waals surface area contributed by atoms with E-state index in [-0.39, 0.29) is 23.7 Å². The molecule has 1 aliphatic heterocycles. The molecule has 26 heavy (non-hydrogen) atoms. The Morgan fingerprint density at radius 1 is 1.23 bits per heavy atom. The standard InChI is InChI=1S/C20H25N3O3/c1-12-13(2)22-17-10-14(4-5-16(17)21-12)19(25)23-9-8-20(26-3)7-6-15(24)11-18(20)23/h4-5,10,15,18,24H,6-9,11H2,1-3H3/t15-,18+,20-/m1/s1. The molecule has 3 atom stereocenters. The van der Waals surface area contributed by atoms with Gasteiger partial charge in [-0.15, -0.1) is 0 Å². The maximum atomic E-state index is 13.2. The lowest BCUT2D eigenvalue weighted by Crippen LogP contribution is -2.52. The molecule has 1 amide bonds. The van der Waals surface area contributed by atoms with Crippen LogP contribution in [0.2, 0.25) is 0 Å². The maximum Gasteiger partial charge on any atom is 0.254 e. The predicted molar refractivity (Wildman–Crippen MR) is 98.1 cm³/mol. The van der Waals surface area contributed by atoms with Crippen molar-refractivity contribution in [3.8, 4) is 0 Å². The van der Waals surface area contributed by atoms with Crippen molar-refractivity contribution in [2.24, 2.45) is 0 Å². The van der Waals surface area contributed by atoms with Crippen LogP contribution in [-0.4, -0.2) is 57.3 Å². The van der Waals surface area contributed by atoms with E-state index in [2.05, 4.69) is 9.97 Å². The Morgan fingerprint density at radius 2 is 1.96 bits per heavy atom. The first kappa shape index (κ1) is 17.4. The number of hydrogen-bond acceptors (Lipinski definition) is 5. The zero-order valence-electron chi connectivity index (χ0n) is 15.5. The van der Waals surface area contributed by atoms with Crippen molar-refractivity contribution in [3.63, 3.8) is 0 Å². The van der Waals surface area contributed by atoms with E-state index in [9.17, 15) is 9.90 Å². The number of hydrogen-bond donors (Lipinski definition) is 1. The van der Waals surface area contributed by atoms with Crippen molar-refractivity contribution in [2.75, 3.05) is 13.7 Å². The smallest absolute Gasteiger partial charge is 0.254 e. The van der Waals surface area contributed by atoms with Crippen LogP contribution in [0.5, 0.6) is 0 Å². The fraction of sp³-hybridized carbons (Fsp3) is 0.550. The Morgan fingerprint density at radius 3 is 2.69 bits per heavy atom. The molecule has 1 aliphatic carbocycles. The number of carbonyl (C=O) groups is 1. The summed E-state index contributed by atoms with van der Waals surface area (Å²) < 4.78 is 5.84. The molecule has 1 saturated carbocycles. The van der Waals surface area contributed by atoms with Crippen molar-refractivity contribution in [3.05, 3.63) is 35.2 Å². The predicted octanol–water partition coefficient (Wildman–Crippen LogP) is 2.39. The molecular formula is C20H25N3O3. The van der Waals surface area contributed by atoms with Gasteiger partial charge in [0, 0.05) is 19.2 Å². The third kappa shape index (κ3) is 2.68. The third-order valence-corrected chi connectivity index (χ3v) is 6.15. The van der Waals surface area contributed by atoms with Crippen LogP contribution in [0.3, 0.4) is 0 Å². The number of likely N-dealkylation sites (tertiary alicyclic amines) is 1. The SMILES string of the molecule is CO[C@@]12CC[C@@H](O)C[C@@H]1N(C(=O)c1ccc3nc(C)c(C)nc3c1)CC2. The van der Waals surface area contributed by atoms with Gasteiger partial charge in [0.1, 0.15) is 0 Å². The molecule has 138 valence electrons. The number of nitrogens with zero attached hydrogens (tertiary/aromatic N) is 3. The summed E-state index contributed by atoms with van der Waals surface area (Å²) in [5.41, 5.74) is 3.60. The van der Waals surface area contributed by atoms with E-state index in [4.69, 9.17) is 4.74 Å². The van der Waals surface area contributed by atoms with Crippen molar-refractivity contribution in [1.29, 1.82) is 0 Å². The zero-order valence-corrected chi connectivity index (χ0v) is 15.5. The van der Waals surface area contributed by atoms with Gasteiger partial charge in [0.25, 0.3) is 5.91 Å². The highest BCUT2D eigenvalue weighted by molar-refractivity contribution is 5.97. The van der Waals surface area contributed by atoms with Gasteiger partial charge in [-0.3, -0.25) is 4.79 Å². The first-order valence-electron chi connectivity index (χ1n) is 9.23. The van der Waals surface area contributed by atoms with E-state index < -0.39 is 0 Å². The summed E-state index contributed by atoms with van der Waals surface area (Å²) in [5.74, 6) is -0.0232. The normalized spacial score (nSPS) is 28.4. The van der Waals surface area contributed by atoms with E-state index >= 15 is 0 Å². The summed E-state index contributed by atoms with van der Waals surface area (Å²) in [4.78, 5) is 24.2. The van der Waals surface area contributed by atoms with Crippen LogP contribution >= 0.6 is 0 Å². The highest BCUT2D eigenvalue weighted by Crippen LogP contribution is 2.43. The van der Waals surface area contributed by atoms with Gasteiger partial charge >= 0.3 is 0 Å². The fourth-order valence-corrected chi connectivity index (χ4v) is 4.45. The van der Waals surface area contributed by atoms with E-state index in [0.29, 0.717) is 18.5 Å². The molecule has 2 fully saturated rings. The number of rotatable bonds is 2. The lowest BCUT2D eigenvalue weighted by Gasteiger charge is -2.42. The molecule has 6 nitrogen and oxygen atoms in total. The molecule has 1 N–H and O–H groups in total. The minimum absolute atomic E-state index is 0.0232. The van der Waals surface area contributed by atoms with Crippen molar-refractivity contribution in [1.82, 2.24) is 14.9 Å². The van der Waals surface area contributed by atoms with Crippen LogP contribution in [0, 0.1) is 13.8 Å². The van der Waals surface area contributed by atoms with Crippen molar-refractivity contribution < 1.29 is 14.6 Å². The topological polar surface area (TPSA) is 75.6 Å². The summed E-state index contributed by atoms with van der Waals surface area (Å²) in [6.45, 7) is 4.51. The Labute approximate surface area is 153 Å². The van der Waals surface area contributed by atoms with Gasteiger partial charge in [-0.25, -0.2) is 9.97 Å². The van der Waals surface area contributed by atoms with Gasteiger partial charge in [0.15, 0.2) is 0 Å². The van der Waals surface area contributed by atoms with Crippen LogP contribution in [0.4, 0.5) is 0 Å². The largest absolute Gasteiger partial charge is 0.393 e. The fourth-order valence-electron chi connectivity index (χ4n) is 4.45. The average molecular weight is 355 g/mol. The van der Waals surface area contributed by atoms with E-state index in [1.807, 2.05) is 36.9 Å². The molecule has 0 radical (unpaired) electrons. The second-order valence-electron chi connectivity index (χ2n) is 7.56. The van der Waals surface area contributed by atoms with E-state index in [1.54, 1.807) is 7.11 Å². The number of aryl methyl sites for hydroxylation is 2. The minimum atomic E-state index is -0.371. The Bertz CT molecular complexity index is 869. The van der Waals surface area contributed by atoms with Gasteiger partial charge in [-0.05, 0) is 57.7 Å². The Hall–Kier alpha value is -2.05. The molecule has 1 aromatic carbocycles. The molecule has 2 aromatic rings. The van der Waals surface area contributed by atoms with Gasteiger partial charge in [-0.1, -0.05) is 0 Å². The molecule has 2 aliphatic rings. The number of amides is 1. The quantitative estimate of drug-likeness (QED) is 0.895. The van der Waals surface area contributed by atoms with Crippen LogP contribution in [-0.2, 0) is 4.74 Å². The summed E-state index contributed by atoms with van der Waals surface area (Å²) in [6.07, 6.45) is 2.55. The van der Waals surface area contributed by atoms with Crippen molar-refractivity contribution in [2.45, 2.75) is 57.3 Å². The summed E-state index contributed by atoms with van der Waals surface area (Å²) in [7, 11) is 1.72. The number of methoxy groups -OCH3 is 1. The van der Waals surface area contributed by atoms with Crippen LogP contribution in [0.1, 0.15) is 47.4 Å². The van der Waals surface area contributed by atoms with Crippen molar-refractivity contribution >= 4 is 16.9 Å². The summed E-state index contributed by atoms with van der Waals surface area (Å²) in [6, 6.07) is 5.42. The van der Waals surface area contributed by atoms with Crippen LogP contribution in [0.15, 0.2) is 18.2 Å². The molecule has 6 heteroatoms. The second-order valence-corrected chi connectivity index (χ2v) is 7.56. The maximum absolute atomic E-state index is 13.2. The molecule has 0 bridgehead atoms. The Kier molecular flexibility index (Phi) is 4.20. The molecule has 0 unspecified atom stereocenters. The highest BCUT2D eigenvalue weighted by atomic mass is 16.5. The summed E-state index contributed by atoms with van der Waals surface area (Å²) >= 11 is 0. The number of carbonyl (C=O) groups excluding carboxylic acids is 1. The molecule has 1 saturated heterocycles. The number of fused-ring (bicyclic) bond motifs is 2. The lowest BCUT2D eigenvalue weighted by molar-refractivity contribution is -0.0824.